The Kier molecular flexibility index (Phi) is 8.51. The van der Waals surface area contributed by atoms with E-state index in [-0.39, 0.29) is 24.6 Å². The van der Waals surface area contributed by atoms with Crippen molar-refractivity contribution in [3.63, 3.8) is 0 Å². The number of nitrogens with zero attached hydrogens (tertiary/aromatic N) is 3. The lowest BCUT2D eigenvalue weighted by atomic mass is 9.96. The maximum absolute atomic E-state index is 12.4. The number of anilines is 2. The van der Waals surface area contributed by atoms with Crippen molar-refractivity contribution in [1.82, 2.24) is 14.9 Å². The second-order valence-electron chi connectivity index (χ2n) is 9.60. The second kappa shape index (κ2) is 12.1. The van der Waals surface area contributed by atoms with Crippen LogP contribution in [0.15, 0.2) is 66.9 Å². The Bertz CT molecular complexity index is 1610. The Morgan fingerprint density at radius 2 is 1.90 bits per heavy atom. The fourth-order valence-electron chi connectivity index (χ4n) is 5.33. The molecule has 2 N–H and O–H groups in total. The quantitative estimate of drug-likeness (QED) is 0.219. The monoisotopic (exact) mass is 609 g/mol. The summed E-state index contributed by atoms with van der Waals surface area (Å²) >= 11 is 19.0. The van der Waals surface area contributed by atoms with Gasteiger partial charge >= 0.3 is 0 Å². The summed E-state index contributed by atoms with van der Waals surface area (Å²) in [6.07, 6.45) is 1.77. The van der Waals surface area contributed by atoms with E-state index in [4.69, 9.17) is 44.9 Å². The number of halogens is 2. The van der Waals surface area contributed by atoms with E-state index in [0.717, 1.165) is 34.0 Å². The maximum atomic E-state index is 12.4. The number of aromatic nitrogens is 2. The summed E-state index contributed by atoms with van der Waals surface area (Å²) in [5.41, 5.74) is 5.91. The second-order valence-corrected chi connectivity index (χ2v) is 10.8. The molecule has 212 valence electrons. The van der Waals surface area contributed by atoms with Crippen molar-refractivity contribution in [3.05, 3.63) is 99.6 Å². The van der Waals surface area contributed by atoms with Gasteiger partial charge in [-0.2, -0.15) is 0 Å². The minimum absolute atomic E-state index is 0.0838. The van der Waals surface area contributed by atoms with Crippen molar-refractivity contribution in [1.29, 1.82) is 0 Å². The molecule has 0 spiro atoms. The summed E-state index contributed by atoms with van der Waals surface area (Å²) < 4.78 is 12.6. The van der Waals surface area contributed by atoms with Gasteiger partial charge in [-0.15, -0.1) is 0 Å². The standard InChI is InChI=1S/C30H29Cl2N5O3S/c1-17-14-20(18(2)36(17)24-10-7-8-21(31)27(24)32)29-28(22-9-5-6-13-33-22)35-30(41)37(29)19-11-12-25(40-4)23(15-19)34-26(38)16-39-3/h5-15,28-29H,16H2,1-4H3,(H,34,38)(H,35,41). The molecule has 1 saturated heterocycles. The number of nitrogens with one attached hydrogen (secondary N) is 2. The average molecular weight is 611 g/mol. The summed E-state index contributed by atoms with van der Waals surface area (Å²) in [5, 5.41) is 7.85. The van der Waals surface area contributed by atoms with Gasteiger partial charge in [0.15, 0.2) is 5.11 Å². The predicted molar refractivity (Wildman–Crippen MR) is 167 cm³/mol. The van der Waals surface area contributed by atoms with Gasteiger partial charge in [0.25, 0.3) is 0 Å². The molecular weight excluding hydrogens is 581 g/mol. The van der Waals surface area contributed by atoms with Gasteiger partial charge in [-0.3, -0.25) is 9.78 Å². The van der Waals surface area contributed by atoms with Gasteiger partial charge in [0.1, 0.15) is 12.4 Å². The van der Waals surface area contributed by atoms with E-state index in [1.165, 1.54) is 7.11 Å². The fourth-order valence-corrected chi connectivity index (χ4v) is 6.06. The number of carbonyl (C=O) groups excluding carboxylic acids is 1. The average Bonchev–Trinajstić information content (AvgIpc) is 3.45. The van der Waals surface area contributed by atoms with Crippen LogP contribution in [0.2, 0.25) is 10.0 Å². The Morgan fingerprint density at radius 1 is 1.10 bits per heavy atom. The van der Waals surface area contributed by atoms with E-state index >= 15 is 0 Å². The summed E-state index contributed by atoms with van der Waals surface area (Å²) in [6.45, 7) is 4.00. The zero-order valence-electron chi connectivity index (χ0n) is 22.9. The van der Waals surface area contributed by atoms with Gasteiger partial charge in [0, 0.05) is 30.4 Å². The van der Waals surface area contributed by atoms with Gasteiger partial charge < -0.3 is 29.6 Å². The van der Waals surface area contributed by atoms with Crippen LogP contribution in [0.25, 0.3) is 5.69 Å². The lowest BCUT2D eigenvalue weighted by Gasteiger charge is -2.29. The minimum atomic E-state index is -0.296. The van der Waals surface area contributed by atoms with Gasteiger partial charge in [-0.05, 0) is 80.2 Å². The molecule has 1 aliphatic heterocycles. The number of thiocarbonyl (C=S) groups is 1. The molecule has 2 aromatic heterocycles. The van der Waals surface area contributed by atoms with Gasteiger partial charge in [0.2, 0.25) is 5.91 Å². The highest BCUT2D eigenvalue weighted by atomic mass is 35.5. The molecule has 0 saturated carbocycles. The van der Waals surface area contributed by atoms with Crippen LogP contribution in [0.4, 0.5) is 11.4 Å². The predicted octanol–water partition coefficient (Wildman–Crippen LogP) is 6.57. The van der Waals surface area contributed by atoms with Crippen LogP contribution in [-0.4, -0.2) is 41.4 Å². The zero-order valence-corrected chi connectivity index (χ0v) is 25.3. The van der Waals surface area contributed by atoms with E-state index in [1.54, 1.807) is 25.4 Å². The van der Waals surface area contributed by atoms with E-state index in [0.29, 0.717) is 26.6 Å². The SMILES string of the molecule is COCC(=O)Nc1cc(N2C(=S)NC(c3ccccn3)C2c2cc(C)n(-c3cccc(Cl)c3Cl)c2C)ccc1OC. The van der Waals surface area contributed by atoms with Crippen LogP contribution in [0.1, 0.15) is 34.7 Å². The third-order valence-corrected chi connectivity index (χ3v) is 8.19. The molecule has 4 aromatic rings. The summed E-state index contributed by atoms with van der Waals surface area (Å²) in [6, 6.07) is 18.6. The molecule has 1 amide bonds. The summed E-state index contributed by atoms with van der Waals surface area (Å²) in [4.78, 5) is 19.1. The van der Waals surface area contributed by atoms with Crippen LogP contribution in [0.3, 0.4) is 0 Å². The van der Waals surface area contributed by atoms with Crippen molar-refractivity contribution in [2.75, 3.05) is 31.0 Å². The highest BCUT2D eigenvalue weighted by Crippen LogP contribution is 2.45. The lowest BCUT2D eigenvalue weighted by molar-refractivity contribution is -0.119. The number of aryl methyl sites for hydroxylation is 1. The topological polar surface area (TPSA) is 80.7 Å². The van der Waals surface area contributed by atoms with E-state index < -0.39 is 0 Å². The van der Waals surface area contributed by atoms with Crippen LogP contribution < -0.4 is 20.3 Å². The zero-order chi connectivity index (χ0) is 29.3. The lowest BCUT2D eigenvalue weighted by Crippen LogP contribution is -2.29. The molecule has 5 rings (SSSR count). The Labute approximate surface area is 254 Å². The first-order valence-electron chi connectivity index (χ1n) is 12.9. The largest absolute Gasteiger partial charge is 0.495 e. The number of benzene rings is 2. The van der Waals surface area contributed by atoms with Crippen LogP contribution in [0, 0.1) is 13.8 Å². The molecule has 2 unspecified atom stereocenters. The first kappa shape index (κ1) is 28.9. The molecule has 11 heteroatoms. The number of pyridine rings is 1. The first-order chi connectivity index (χ1) is 19.7. The number of methoxy groups -OCH3 is 2. The van der Waals surface area contributed by atoms with Crippen molar-refractivity contribution in [3.8, 4) is 11.4 Å². The third kappa shape index (κ3) is 5.50. The number of rotatable bonds is 8. The van der Waals surface area contributed by atoms with Gasteiger partial charge in [0.05, 0.1) is 46.3 Å². The summed E-state index contributed by atoms with van der Waals surface area (Å²) in [5.74, 6) is 0.220. The number of amides is 1. The molecule has 1 fully saturated rings. The van der Waals surface area contributed by atoms with Gasteiger partial charge in [-0.1, -0.05) is 35.3 Å². The molecule has 1 aliphatic rings. The highest BCUT2D eigenvalue weighted by molar-refractivity contribution is 7.80. The maximum Gasteiger partial charge on any atom is 0.250 e. The first-order valence-corrected chi connectivity index (χ1v) is 14.0. The molecule has 0 aliphatic carbocycles. The summed E-state index contributed by atoms with van der Waals surface area (Å²) in [7, 11) is 3.02. The molecule has 0 radical (unpaired) electrons. The van der Waals surface area contributed by atoms with Crippen LogP contribution >= 0.6 is 35.4 Å². The Morgan fingerprint density at radius 3 is 2.61 bits per heavy atom. The molecular formula is C30H29Cl2N5O3S. The molecule has 41 heavy (non-hydrogen) atoms. The molecule has 0 bridgehead atoms. The number of ether oxygens (including phenoxy) is 2. The number of hydrogen-bond donors (Lipinski definition) is 2. The molecule has 3 heterocycles. The Balaban J connectivity index is 1.67. The normalized spacial score (nSPS) is 16.5. The molecule has 2 aromatic carbocycles. The van der Waals surface area contributed by atoms with Crippen molar-refractivity contribution < 1.29 is 14.3 Å². The molecule has 8 nitrogen and oxygen atoms in total. The van der Waals surface area contributed by atoms with Crippen molar-refractivity contribution >= 4 is 57.8 Å². The Hall–Kier alpha value is -3.63. The minimum Gasteiger partial charge on any atom is -0.495 e. The van der Waals surface area contributed by atoms with Crippen LogP contribution in [-0.2, 0) is 9.53 Å². The van der Waals surface area contributed by atoms with Crippen LogP contribution in [0.5, 0.6) is 5.75 Å². The van der Waals surface area contributed by atoms with E-state index in [9.17, 15) is 4.79 Å². The third-order valence-electron chi connectivity index (χ3n) is 7.07. The fraction of sp³-hybridized carbons (Fsp3) is 0.233. The molecule has 2 atom stereocenters. The van der Waals surface area contributed by atoms with Crippen molar-refractivity contribution in [2.45, 2.75) is 25.9 Å². The van der Waals surface area contributed by atoms with Crippen molar-refractivity contribution in [2.24, 2.45) is 0 Å². The smallest absolute Gasteiger partial charge is 0.250 e. The highest BCUT2D eigenvalue weighted by Gasteiger charge is 2.42. The number of carbonyl (C=O) groups is 1. The van der Waals surface area contributed by atoms with E-state index in [1.807, 2.05) is 54.3 Å². The van der Waals surface area contributed by atoms with E-state index in [2.05, 4.69) is 33.2 Å². The van der Waals surface area contributed by atoms with Gasteiger partial charge in [-0.25, -0.2) is 0 Å². The number of hydrogen-bond acceptors (Lipinski definition) is 5.